The Kier molecular flexibility index (Phi) is 27.9. The zero-order chi connectivity index (χ0) is 18.1. The van der Waals surface area contributed by atoms with Crippen LogP contribution in [-0.2, 0) is 17.8 Å². The van der Waals surface area contributed by atoms with Gasteiger partial charge in [0.15, 0.2) is 0 Å². The predicted octanol–water partition coefficient (Wildman–Crippen LogP) is -0.459. The third-order valence-electron chi connectivity index (χ3n) is 1.00. The molecule has 0 saturated heterocycles. The maximum Gasteiger partial charge on any atom is -0.870 e. The number of aliphatic hydroxyl groups excluding tert-OH is 3. The zero-order valence-corrected chi connectivity index (χ0v) is 15.2. The van der Waals surface area contributed by atoms with Gasteiger partial charge in [-0.2, -0.15) is 0 Å². The van der Waals surface area contributed by atoms with Crippen LogP contribution in [0.25, 0.3) is 10.6 Å². The molecule has 0 heterocycles. The van der Waals surface area contributed by atoms with Gasteiger partial charge in [-0.25, -0.2) is 0 Å². The Morgan fingerprint density at radius 1 is 0.870 bits per heavy atom. The average Bonchev–Trinajstić information content (AvgIpc) is 2.26. The van der Waals surface area contributed by atoms with Crippen LogP contribution >= 0.6 is 29.1 Å². The van der Waals surface area contributed by atoms with E-state index in [9.17, 15) is 9.90 Å². The SMILES string of the molecule is O=C([O-])C[N-]CC(O)=[OH+].OC(=[OH+])C[N-]CC(O)=[OH+].[Cl][Ru]([Cl])[Cl].[OH-]. The molecule has 0 radical (unpaired) electrons. The Morgan fingerprint density at radius 3 is 1.26 bits per heavy atom. The largest absolute Gasteiger partial charge is 0.870 e. The quantitative estimate of drug-likeness (QED) is 0.301. The number of carbonyl (C=O) groups is 1. The van der Waals surface area contributed by atoms with Gasteiger partial charge in [0.05, 0.1) is 0 Å². The van der Waals surface area contributed by atoms with E-state index in [0.29, 0.717) is 0 Å². The van der Waals surface area contributed by atoms with Crippen molar-refractivity contribution in [2.24, 2.45) is 0 Å². The first-order valence-corrected chi connectivity index (χ1v) is 11.5. The molecule has 0 aromatic heterocycles. The van der Waals surface area contributed by atoms with E-state index >= 15 is 0 Å². The summed E-state index contributed by atoms with van der Waals surface area (Å²) in [6.45, 7) is -1.45. The second kappa shape index (κ2) is 21.3. The van der Waals surface area contributed by atoms with Crippen LogP contribution in [0.3, 0.4) is 0 Å². The maximum absolute atomic E-state index is 9.60. The van der Waals surface area contributed by atoms with Gasteiger partial charge < -0.3 is 55.7 Å². The molecular weight excluding hydrogens is 476 g/mol. The Labute approximate surface area is 147 Å². The van der Waals surface area contributed by atoms with E-state index in [1.54, 1.807) is 0 Å². The van der Waals surface area contributed by atoms with Crippen molar-refractivity contribution in [1.29, 1.82) is 0 Å². The van der Waals surface area contributed by atoms with Gasteiger partial charge in [-0.1, -0.05) is 0 Å². The third-order valence-corrected chi connectivity index (χ3v) is 1.00. The van der Waals surface area contributed by atoms with E-state index in [1.165, 1.54) is 0 Å². The average molecular weight is 491 g/mol. The minimum absolute atomic E-state index is 0. The summed E-state index contributed by atoms with van der Waals surface area (Å²) >= 11 is -1.75. The molecule has 0 bridgehead atoms. The number of hydrogen-bond donors (Lipinski definition) is 3. The number of aliphatic carboxylic acids is 4. The van der Waals surface area contributed by atoms with Gasteiger partial charge in [-0.05, 0) is 0 Å². The summed E-state index contributed by atoms with van der Waals surface area (Å²) in [4.78, 5) is 33.8. The number of carbonyl (C=O) groups excluding carboxylic acids is 1. The number of halogens is 3. The number of carboxylic acid groups (broad SMARTS) is 4. The van der Waals surface area contributed by atoms with Crippen molar-refractivity contribution in [2.75, 3.05) is 26.2 Å². The summed E-state index contributed by atoms with van der Waals surface area (Å²) < 4.78 is 0. The Hall–Kier alpha value is -0.747. The number of hydrogen-bond acceptors (Lipinski definition) is 3. The molecule has 0 saturated carbocycles. The molecule has 23 heavy (non-hydrogen) atoms. The Bertz CT molecular complexity index is 299. The first-order valence-electron chi connectivity index (χ1n) is 4.83. The summed E-state index contributed by atoms with van der Waals surface area (Å²) in [5, 5.41) is 40.2. The molecule has 0 fully saturated rings. The first kappa shape index (κ1) is 30.2. The van der Waals surface area contributed by atoms with Gasteiger partial charge >= 0.3 is 60.0 Å². The molecule has 0 unspecified atom stereocenters. The number of nitrogens with zero attached hydrogens (tertiary/aromatic N) is 2. The van der Waals surface area contributed by atoms with Crippen LogP contribution in [0.5, 0.6) is 0 Å². The molecule has 0 aromatic rings. The Balaban J connectivity index is -0.000000124. The molecule has 0 aliphatic heterocycles. The van der Waals surface area contributed by atoms with Crippen LogP contribution in [-0.4, -0.2) is 85.2 Å². The molecule has 15 heteroatoms. The standard InChI is InChI=1S/2C4H6NO4.3ClH.H2O.Ru/c2*6-3(7)1-5-2-4(8)9;;;;;/h2*1-2H2,(H,6,7)(H,8,9);3*1H;1H2;/q2*-1;;;;;+3/p-2. The van der Waals surface area contributed by atoms with Crippen molar-refractivity contribution in [1.82, 2.24) is 0 Å². The molecule has 0 aromatic carbocycles. The van der Waals surface area contributed by atoms with E-state index in [0.717, 1.165) is 0 Å². The molecule has 0 amide bonds. The molecule has 7 N–H and O–H groups in total. The van der Waals surface area contributed by atoms with Gasteiger partial charge in [0.2, 0.25) is 0 Å². The van der Waals surface area contributed by atoms with Gasteiger partial charge in [0.1, 0.15) is 0 Å². The first-order chi connectivity index (χ1) is 9.98. The molecule has 141 valence electrons. The van der Waals surface area contributed by atoms with Gasteiger partial charge in [0, 0.05) is 25.6 Å². The van der Waals surface area contributed by atoms with Crippen LogP contribution in [0.2, 0.25) is 0 Å². The third kappa shape index (κ3) is 62.2. The fraction of sp³-hybridized carbons (Fsp3) is 0.500. The van der Waals surface area contributed by atoms with Crippen molar-refractivity contribution in [3.8, 4) is 0 Å². The zero-order valence-electron chi connectivity index (χ0n) is 11.2. The second-order valence-electron chi connectivity index (χ2n) is 2.85. The fourth-order valence-corrected chi connectivity index (χ4v) is 0.503. The van der Waals surface area contributed by atoms with E-state index in [-0.39, 0.29) is 25.1 Å². The number of carboxylic acids is 4. The summed E-state index contributed by atoms with van der Waals surface area (Å²) in [6.07, 6.45) is 0. The van der Waals surface area contributed by atoms with Gasteiger partial charge in [0.25, 0.3) is 0 Å². The summed E-state index contributed by atoms with van der Waals surface area (Å²) in [6, 6.07) is 0. The van der Waals surface area contributed by atoms with Crippen molar-refractivity contribution in [3.63, 3.8) is 0 Å². The Morgan fingerprint density at radius 2 is 1.09 bits per heavy atom. The normalized spacial score (nSPS) is 8.91. The van der Waals surface area contributed by atoms with Crippen molar-refractivity contribution < 1.29 is 58.1 Å². The fourth-order valence-electron chi connectivity index (χ4n) is 0.503. The van der Waals surface area contributed by atoms with Crippen molar-refractivity contribution >= 4 is 53.0 Å². The molecule has 0 aliphatic rings. The van der Waals surface area contributed by atoms with Crippen LogP contribution in [0.1, 0.15) is 0 Å². The van der Waals surface area contributed by atoms with Crippen molar-refractivity contribution in [2.45, 2.75) is 0 Å². The van der Waals surface area contributed by atoms with Crippen LogP contribution < -0.4 is 5.11 Å². The maximum atomic E-state index is 9.60. The van der Waals surface area contributed by atoms with E-state index in [4.69, 9.17) is 58.8 Å². The number of rotatable bonds is 8. The smallest absolute Gasteiger partial charge is 0.870 e. The van der Waals surface area contributed by atoms with Crippen LogP contribution in [0.15, 0.2) is 0 Å². The summed E-state index contributed by atoms with van der Waals surface area (Å²) in [5.41, 5.74) is 0. The van der Waals surface area contributed by atoms with Crippen LogP contribution in [0, 0.1) is 0 Å². The van der Waals surface area contributed by atoms with E-state index < -0.39 is 43.4 Å². The topological polar surface area (TPSA) is 223 Å². The summed E-state index contributed by atoms with van der Waals surface area (Å²) in [5.74, 6) is -3.90. The van der Waals surface area contributed by atoms with Crippen LogP contribution in [0.4, 0.5) is 0 Å². The minimum atomic E-state index is -1.75. The van der Waals surface area contributed by atoms with Gasteiger partial charge in [-0.3, -0.25) is 0 Å². The van der Waals surface area contributed by atoms with E-state index in [1.807, 2.05) is 0 Å². The van der Waals surface area contributed by atoms with Gasteiger partial charge in [-0.15, -0.1) is 6.54 Å². The molecule has 0 spiro atoms. The molecule has 0 rings (SSSR count). The molecule has 0 aliphatic carbocycles. The molecular formula is C8H15Cl3N2O9Ru-. The van der Waals surface area contributed by atoms with E-state index in [2.05, 4.69) is 10.6 Å². The molecule has 11 nitrogen and oxygen atoms in total. The monoisotopic (exact) mass is 490 g/mol. The summed E-state index contributed by atoms with van der Waals surface area (Å²) in [7, 11) is 14.8. The predicted molar refractivity (Wildman–Crippen MR) is 79.4 cm³/mol. The molecule has 0 atom stereocenters. The van der Waals surface area contributed by atoms with Crippen molar-refractivity contribution in [3.05, 3.63) is 10.6 Å². The minimum Gasteiger partial charge on any atom is -0.870 e. The second-order valence-corrected chi connectivity index (χ2v) is 10.8.